The SMILES string of the molecule is COc1c(OCc2ccccc2)cccc1C1(N)CCC1. The molecule has 3 nitrogen and oxygen atoms in total. The van der Waals surface area contributed by atoms with E-state index in [1.54, 1.807) is 7.11 Å². The summed E-state index contributed by atoms with van der Waals surface area (Å²) < 4.78 is 11.5. The van der Waals surface area contributed by atoms with Gasteiger partial charge in [-0.3, -0.25) is 0 Å². The van der Waals surface area contributed by atoms with Crippen molar-refractivity contribution in [2.24, 2.45) is 5.73 Å². The molecule has 21 heavy (non-hydrogen) atoms. The van der Waals surface area contributed by atoms with E-state index in [9.17, 15) is 0 Å². The minimum atomic E-state index is -0.253. The highest BCUT2D eigenvalue weighted by Crippen LogP contribution is 2.45. The third-order valence-electron chi connectivity index (χ3n) is 4.20. The Labute approximate surface area is 125 Å². The fourth-order valence-corrected chi connectivity index (χ4v) is 2.79. The molecule has 0 unspecified atom stereocenters. The van der Waals surface area contributed by atoms with Gasteiger partial charge in [-0.15, -0.1) is 0 Å². The topological polar surface area (TPSA) is 44.5 Å². The molecule has 1 aliphatic carbocycles. The molecule has 0 atom stereocenters. The first-order valence-electron chi connectivity index (χ1n) is 7.36. The zero-order chi connectivity index (χ0) is 14.7. The minimum Gasteiger partial charge on any atom is -0.493 e. The molecule has 0 saturated heterocycles. The van der Waals surface area contributed by atoms with Gasteiger partial charge in [-0.25, -0.2) is 0 Å². The van der Waals surface area contributed by atoms with Crippen LogP contribution >= 0.6 is 0 Å². The first-order chi connectivity index (χ1) is 10.2. The van der Waals surface area contributed by atoms with Crippen LogP contribution in [0.4, 0.5) is 0 Å². The molecule has 3 heteroatoms. The normalized spacial score (nSPS) is 16.1. The lowest BCUT2D eigenvalue weighted by molar-refractivity contribution is 0.235. The van der Waals surface area contributed by atoms with Gasteiger partial charge in [0.25, 0.3) is 0 Å². The van der Waals surface area contributed by atoms with E-state index in [4.69, 9.17) is 15.2 Å². The smallest absolute Gasteiger partial charge is 0.165 e. The lowest BCUT2D eigenvalue weighted by Crippen LogP contribution is -2.43. The fraction of sp³-hybridized carbons (Fsp3) is 0.333. The molecule has 0 amide bonds. The number of hydrogen-bond acceptors (Lipinski definition) is 3. The Morgan fingerprint density at radius 1 is 1.05 bits per heavy atom. The molecular formula is C18H21NO2. The van der Waals surface area contributed by atoms with Crippen molar-refractivity contribution in [3.63, 3.8) is 0 Å². The Balaban J connectivity index is 1.83. The number of methoxy groups -OCH3 is 1. The first kappa shape index (κ1) is 14.0. The maximum Gasteiger partial charge on any atom is 0.165 e. The molecule has 0 radical (unpaired) electrons. The standard InChI is InChI=1S/C18H21NO2/c1-20-17-15(18(19)11-6-12-18)9-5-10-16(17)21-13-14-7-3-2-4-8-14/h2-5,7-10H,6,11-13,19H2,1H3. The molecule has 1 saturated carbocycles. The average Bonchev–Trinajstić information content (AvgIpc) is 2.51. The van der Waals surface area contributed by atoms with Crippen LogP contribution in [0.5, 0.6) is 11.5 Å². The Morgan fingerprint density at radius 2 is 1.81 bits per heavy atom. The van der Waals surface area contributed by atoms with E-state index in [1.807, 2.05) is 48.5 Å². The highest BCUT2D eigenvalue weighted by Gasteiger charge is 2.37. The van der Waals surface area contributed by atoms with Gasteiger partial charge in [0.1, 0.15) is 6.61 Å². The maximum atomic E-state index is 6.44. The number of benzene rings is 2. The molecule has 0 heterocycles. The van der Waals surface area contributed by atoms with Crippen LogP contribution in [0.25, 0.3) is 0 Å². The Kier molecular flexibility index (Phi) is 3.84. The van der Waals surface area contributed by atoms with E-state index >= 15 is 0 Å². The molecule has 0 spiro atoms. The highest BCUT2D eigenvalue weighted by atomic mass is 16.5. The van der Waals surface area contributed by atoms with Crippen molar-refractivity contribution < 1.29 is 9.47 Å². The molecule has 2 aromatic carbocycles. The van der Waals surface area contributed by atoms with Crippen molar-refractivity contribution in [2.75, 3.05) is 7.11 Å². The van der Waals surface area contributed by atoms with Crippen LogP contribution in [0.2, 0.25) is 0 Å². The molecule has 2 aromatic rings. The maximum absolute atomic E-state index is 6.44. The third kappa shape index (κ3) is 2.74. The summed E-state index contributed by atoms with van der Waals surface area (Å²) in [5.41, 5.74) is 8.38. The van der Waals surface area contributed by atoms with E-state index in [-0.39, 0.29) is 5.54 Å². The van der Waals surface area contributed by atoms with Gasteiger partial charge in [0.05, 0.1) is 7.11 Å². The van der Waals surface area contributed by atoms with Crippen molar-refractivity contribution in [3.05, 3.63) is 59.7 Å². The Bertz CT molecular complexity index is 606. The minimum absolute atomic E-state index is 0.253. The van der Waals surface area contributed by atoms with Crippen LogP contribution < -0.4 is 15.2 Å². The molecule has 0 aromatic heterocycles. The second-order valence-electron chi connectivity index (χ2n) is 5.62. The summed E-state index contributed by atoms with van der Waals surface area (Å²) in [5, 5.41) is 0. The summed E-state index contributed by atoms with van der Waals surface area (Å²) in [7, 11) is 1.68. The van der Waals surface area contributed by atoms with Crippen molar-refractivity contribution in [2.45, 2.75) is 31.4 Å². The molecule has 1 fully saturated rings. The van der Waals surface area contributed by atoms with Gasteiger partial charge in [0, 0.05) is 11.1 Å². The summed E-state index contributed by atoms with van der Waals surface area (Å²) in [6, 6.07) is 16.1. The Morgan fingerprint density at radius 3 is 2.43 bits per heavy atom. The number of nitrogens with two attached hydrogens (primary N) is 1. The second kappa shape index (κ2) is 5.78. The summed E-state index contributed by atoms with van der Waals surface area (Å²) in [5.74, 6) is 1.53. The molecule has 1 aliphatic rings. The van der Waals surface area contributed by atoms with E-state index in [2.05, 4.69) is 0 Å². The Hall–Kier alpha value is -2.00. The van der Waals surface area contributed by atoms with Crippen molar-refractivity contribution in [3.8, 4) is 11.5 Å². The van der Waals surface area contributed by atoms with Gasteiger partial charge in [0.15, 0.2) is 11.5 Å². The molecular weight excluding hydrogens is 262 g/mol. The average molecular weight is 283 g/mol. The summed E-state index contributed by atoms with van der Waals surface area (Å²) in [6.45, 7) is 0.526. The van der Waals surface area contributed by atoms with E-state index < -0.39 is 0 Å². The summed E-state index contributed by atoms with van der Waals surface area (Å²) in [4.78, 5) is 0. The first-order valence-corrected chi connectivity index (χ1v) is 7.36. The van der Waals surface area contributed by atoms with Crippen LogP contribution in [-0.4, -0.2) is 7.11 Å². The van der Waals surface area contributed by atoms with Gasteiger partial charge in [-0.2, -0.15) is 0 Å². The van der Waals surface area contributed by atoms with Crippen molar-refractivity contribution >= 4 is 0 Å². The third-order valence-corrected chi connectivity index (χ3v) is 4.20. The van der Waals surface area contributed by atoms with E-state index in [0.717, 1.165) is 35.5 Å². The zero-order valence-electron chi connectivity index (χ0n) is 12.3. The van der Waals surface area contributed by atoms with Gasteiger partial charge in [-0.1, -0.05) is 42.5 Å². The van der Waals surface area contributed by atoms with Crippen LogP contribution in [0.15, 0.2) is 48.5 Å². The van der Waals surface area contributed by atoms with Crippen LogP contribution in [-0.2, 0) is 12.1 Å². The number of hydrogen-bond donors (Lipinski definition) is 1. The van der Waals surface area contributed by atoms with E-state index in [0.29, 0.717) is 6.61 Å². The number of rotatable bonds is 5. The van der Waals surface area contributed by atoms with E-state index in [1.165, 1.54) is 6.42 Å². The molecule has 2 N–H and O–H groups in total. The molecule has 110 valence electrons. The molecule has 0 aliphatic heterocycles. The van der Waals surface area contributed by atoms with Gasteiger partial charge < -0.3 is 15.2 Å². The van der Waals surface area contributed by atoms with Gasteiger partial charge in [-0.05, 0) is 30.9 Å². The van der Waals surface area contributed by atoms with Crippen LogP contribution in [0.1, 0.15) is 30.4 Å². The van der Waals surface area contributed by atoms with Crippen LogP contribution in [0.3, 0.4) is 0 Å². The summed E-state index contributed by atoms with van der Waals surface area (Å²) in [6.07, 6.45) is 3.19. The predicted octanol–water partition coefficient (Wildman–Crippen LogP) is 3.61. The lowest BCUT2D eigenvalue weighted by Gasteiger charge is -2.39. The predicted molar refractivity (Wildman–Crippen MR) is 83.5 cm³/mol. The van der Waals surface area contributed by atoms with Gasteiger partial charge in [0.2, 0.25) is 0 Å². The fourth-order valence-electron chi connectivity index (χ4n) is 2.79. The largest absolute Gasteiger partial charge is 0.493 e. The van der Waals surface area contributed by atoms with Crippen LogP contribution in [0, 0.1) is 0 Å². The quantitative estimate of drug-likeness (QED) is 0.911. The lowest BCUT2D eigenvalue weighted by atomic mass is 9.72. The number of ether oxygens (including phenoxy) is 2. The van der Waals surface area contributed by atoms with Crippen molar-refractivity contribution in [1.82, 2.24) is 0 Å². The van der Waals surface area contributed by atoms with Gasteiger partial charge >= 0.3 is 0 Å². The van der Waals surface area contributed by atoms with Crippen molar-refractivity contribution in [1.29, 1.82) is 0 Å². The molecule has 3 rings (SSSR count). The highest BCUT2D eigenvalue weighted by molar-refractivity contribution is 5.50. The number of para-hydroxylation sites is 1. The molecule has 0 bridgehead atoms. The monoisotopic (exact) mass is 283 g/mol. The second-order valence-corrected chi connectivity index (χ2v) is 5.62. The zero-order valence-corrected chi connectivity index (χ0v) is 12.3. The summed E-state index contributed by atoms with van der Waals surface area (Å²) >= 11 is 0.